The van der Waals surface area contributed by atoms with Crippen LogP contribution in [0.5, 0.6) is 11.5 Å². The molecule has 3 heterocycles. The Labute approximate surface area is 174 Å². The molecule has 6 atom stereocenters. The number of phenolic OH excluding ortho intramolecular Hbond substituents is 1. The smallest absolute Gasteiger partial charge is 0.225 e. The van der Waals surface area contributed by atoms with Gasteiger partial charge in [-0.3, -0.25) is 4.79 Å². The van der Waals surface area contributed by atoms with Crippen LogP contribution in [0.15, 0.2) is 29.6 Å². The summed E-state index contributed by atoms with van der Waals surface area (Å²) in [7, 11) is 2.21. The first-order chi connectivity index (χ1) is 13.9. The number of nitrogens with one attached hydrogen (secondary N) is 1. The third-order valence-corrected chi connectivity index (χ3v) is 9.06. The molecule has 2 spiro atoms. The van der Waals surface area contributed by atoms with Crippen LogP contribution in [-0.4, -0.2) is 47.7 Å². The lowest BCUT2D eigenvalue weighted by Gasteiger charge is -2.76. The van der Waals surface area contributed by atoms with E-state index >= 15 is 0 Å². The molecular formula is C23H26N2O3S. The van der Waals surface area contributed by atoms with Crippen molar-refractivity contribution in [3.05, 3.63) is 45.6 Å². The van der Waals surface area contributed by atoms with Crippen LogP contribution in [-0.2, 0) is 23.1 Å². The molecule has 1 aromatic carbocycles. The molecule has 4 aliphatic rings. The SMILES string of the molecule is CC(NC(=O)Cc1cccs1)C1Oc2c(O)ccc3c2C12C(C)C1N(C)CC12C3. The molecule has 2 N–H and O–H groups in total. The number of benzene rings is 1. The molecule has 152 valence electrons. The topological polar surface area (TPSA) is 61.8 Å². The summed E-state index contributed by atoms with van der Waals surface area (Å²) in [5.41, 5.74) is 2.59. The van der Waals surface area contributed by atoms with Crippen LogP contribution in [0.25, 0.3) is 0 Å². The lowest BCUT2D eigenvalue weighted by molar-refractivity contribution is -0.260. The third-order valence-electron chi connectivity index (χ3n) is 8.18. The summed E-state index contributed by atoms with van der Waals surface area (Å²) < 4.78 is 6.48. The zero-order valence-electron chi connectivity index (χ0n) is 16.9. The number of likely N-dealkylation sites (tertiary alicyclic amines) is 1. The van der Waals surface area contributed by atoms with Crippen LogP contribution in [0, 0.1) is 11.3 Å². The van der Waals surface area contributed by atoms with Crippen molar-refractivity contribution in [3.8, 4) is 11.5 Å². The lowest BCUT2D eigenvalue weighted by atomic mass is 9.35. The molecule has 6 rings (SSSR count). The van der Waals surface area contributed by atoms with E-state index < -0.39 is 0 Å². The number of rotatable bonds is 4. The summed E-state index contributed by atoms with van der Waals surface area (Å²) in [6, 6.07) is 8.23. The molecule has 0 bridgehead atoms. The summed E-state index contributed by atoms with van der Waals surface area (Å²) in [5, 5.41) is 15.8. The third kappa shape index (κ3) is 1.88. The molecule has 2 fully saturated rings. The fourth-order valence-electron chi connectivity index (χ4n) is 7.60. The second kappa shape index (κ2) is 5.55. The van der Waals surface area contributed by atoms with Gasteiger partial charge in [0, 0.05) is 28.4 Å². The molecule has 6 unspecified atom stereocenters. The van der Waals surface area contributed by atoms with Crippen molar-refractivity contribution in [1.82, 2.24) is 10.2 Å². The highest BCUT2D eigenvalue weighted by atomic mass is 32.1. The number of ether oxygens (including phenoxy) is 1. The van der Waals surface area contributed by atoms with Gasteiger partial charge in [0.25, 0.3) is 0 Å². The number of hydrogen-bond donors (Lipinski definition) is 2. The molecular weight excluding hydrogens is 384 g/mol. The van der Waals surface area contributed by atoms with Crippen molar-refractivity contribution < 1.29 is 14.6 Å². The number of piperidine rings is 1. The summed E-state index contributed by atoms with van der Waals surface area (Å²) in [5.74, 6) is 1.33. The zero-order chi connectivity index (χ0) is 20.1. The minimum absolute atomic E-state index is 0.0293. The van der Waals surface area contributed by atoms with Crippen LogP contribution < -0.4 is 10.1 Å². The summed E-state index contributed by atoms with van der Waals surface area (Å²) in [6.07, 6.45) is 1.29. The van der Waals surface area contributed by atoms with Gasteiger partial charge >= 0.3 is 0 Å². The first-order valence-corrected chi connectivity index (χ1v) is 11.3. The van der Waals surface area contributed by atoms with Crippen molar-refractivity contribution in [1.29, 1.82) is 0 Å². The van der Waals surface area contributed by atoms with Crippen LogP contribution in [0.3, 0.4) is 0 Å². The van der Waals surface area contributed by atoms with E-state index in [4.69, 9.17) is 4.74 Å². The van der Waals surface area contributed by atoms with Crippen LogP contribution in [0.4, 0.5) is 0 Å². The van der Waals surface area contributed by atoms with Gasteiger partial charge < -0.3 is 20.1 Å². The predicted molar refractivity (Wildman–Crippen MR) is 112 cm³/mol. The van der Waals surface area contributed by atoms with Gasteiger partial charge in [-0.25, -0.2) is 0 Å². The van der Waals surface area contributed by atoms with E-state index in [9.17, 15) is 9.90 Å². The van der Waals surface area contributed by atoms with E-state index in [1.54, 1.807) is 17.4 Å². The Morgan fingerprint density at radius 3 is 3.00 bits per heavy atom. The highest BCUT2D eigenvalue weighted by Crippen LogP contribution is 2.78. The van der Waals surface area contributed by atoms with Gasteiger partial charge in [-0.15, -0.1) is 11.3 Å². The van der Waals surface area contributed by atoms with Gasteiger partial charge in [0.1, 0.15) is 6.10 Å². The molecule has 2 aliphatic heterocycles. The first-order valence-electron chi connectivity index (χ1n) is 10.4. The van der Waals surface area contributed by atoms with Crippen molar-refractivity contribution in [2.24, 2.45) is 11.3 Å². The van der Waals surface area contributed by atoms with Gasteiger partial charge in [0.2, 0.25) is 5.91 Å². The molecule has 29 heavy (non-hydrogen) atoms. The van der Waals surface area contributed by atoms with E-state index in [0.29, 0.717) is 24.1 Å². The minimum atomic E-state index is -0.153. The zero-order valence-corrected chi connectivity index (χ0v) is 17.8. The van der Waals surface area contributed by atoms with Gasteiger partial charge in [0.15, 0.2) is 11.5 Å². The highest BCUT2D eigenvalue weighted by Gasteiger charge is 2.84. The number of amides is 1. The summed E-state index contributed by atoms with van der Waals surface area (Å²) in [6.45, 7) is 5.43. The molecule has 0 radical (unpaired) electrons. The number of carbonyl (C=O) groups is 1. The Morgan fingerprint density at radius 2 is 2.28 bits per heavy atom. The van der Waals surface area contributed by atoms with E-state index in [2.05, 4.69) is 37.2 Å². The predicted octanol–water partition coefficient (Wildman–Crippen LogP) is 2.71. The summed E-state index contributed by atoms with van der Waals surface area (Å²) >= 11 is 1.61. The number of thiophene rings is 1. The number of carbonyl (C=O) groups excluding carboxylic acids is 1. The van der Waals surface area contributed by atoms with E-state index in [1.165, 1.54) is 11.1 Å². The molecule has 1 aromatic heterocycles. The van der Waals surface area contributed by atoms with Gasteiger partial charge in [-0.1, -0.05) is 19.1 Å². The quantitative estimate of drug-likeness (QED) is 0.814. The van der Waals surface area contributed by atoms with Crippen molar-refractivity contribution in [3.63, 3.8) is 0 Å². The minimum Gasteiger partial charge on any atom is -0.504 e. The summed E-state index contributed by atoms with van der Waals surface area (Å²) in [4.78, 5) is 16.2. The molecule has 2 aliphatic carbocycles. The first kappa shape index (κ1) is 17.8. The average Bonchev–Trinajstić information content (AvgIpc) is 3.34. The standard InChI is InChI=1S/C23H26N2O3S/c1-12-20-22(11-25(20)3)10-14-6-7-16(26)19-18(14)23(12,22)21(28-19)13(2)24-17(27)9-15-5-4-8-29-15/h4-8,12-13,20-21,26H,9-11H2,1-3H3,(H,24,27). The normalized spacial score (nSPS) is 36.9. The van der Waals surface area contributed by atoms with Crippen LogP contribution in [0.1, 0.15) is 29.9 Å². The van der Waals surface area contributed by atoms with Crippen molar-refractivity contribution in [2.45, 2.75) is 50.3 Å². The Hall–Kier alpha value is -2.05. The molecule has 6 heteroatoms. The second-order valence-corrected chi connectivity index (χ2v) is 10.5. The van der Waals surface area contributed by atoms with Crippen LogP contribution in [0.2, 0.25) is 0 Å². The molecule has 5 nitrogen and oxygen atoms in total. The lowest BCUT2D eigenvalue weighted by Crippen LogP contribution is -2.87. The van der Waals surface area contributed by atoms with E-state index in [0.717, 1.165) is 17.8 Å². The number of hydrogen-bond acceptors (Lipinski definition) is 5. The highest BCUT2D eigenvalue weighted by molar-refractivity contribution is 7.10. The fourth-order valence-corrected chi connectivity index (χ4v) is 8.30. The molecule has 1 amide bonds. The largest absolute Gasteiger partial charge is 0.504 e. The Kier molecular flexibility index (Phi) is 3.40. The number of phenols is 1. The van der Waals surface area contributed by atoms with Crippen LogP contribution >= 0.6 is 11.3 Å². The van der Waals surface area contributed by atoms with Gasteiger partial charge in [-0.05, 0) is 49.4 Å². The van der Waals surface area contributed by atoms with Gasteiger partial charge in [-0.2, -0.15) is 0 Å². The maximum atomic E-state index is 12.7. The maximum absolute atomic E-state index is 12.7. The Bertz CT molecular complexity index is 1020. The second-order valence-electron chi connectivity index (χ2n) is 9.45. The number of nitrogens with zero attached hydrogens (tertiary/aromatic N) is 1. The fraction of sp³-hybridized carbons (Fsp3) is 0.522. The van der Waals surface area contributed by atoms with E-state index in [1.807, 2.05) is 17.5 Å². The number of aromatic hydroxyl groups is 1. The van der Waals surface area contributed by atoms with Crippen molar-refractivity contribution in [2.75, 3.05) is 13.6 Å². The molecule has 1 saturated heterocycles. The van der Waals surface area contributed by atoms with Gasteiger partial charge in [0.05, 0.1) is 17.9 Å². The Balaban J connectivity index is 1.36. The maximum Gasteiger partial charge on any atom is 0.225 e. The van der Waals surface area contributed by atoms with Crippen molar-refractivity contribution >= 4 is 17.2 Å². The monoisotopic (exact) mass is 410 g/mol. The molecule has 2 aromatic rings. The van der Waals surface area contributed by atoms with E-state index in [-0.39, 0.29) is 34.6 Å². The Morgan fingerprint density at radius 1 is 1.45 bits per heavy atom. The average molecular weight is 411 g/mol. The molecule has 1 saturated carbocycles.